The molecule has 1 aromatic rings. The molecule has 0 heterocycles. The summed E-state index contributed by atoms with van der Waals surface area (Å²) in [6.45, 7) is 0.586. The van der Waals surface area contributed by atoms with Crippen LogP contribution in [0, 0.1) is 3.57 Å². The Labute approximate surface area is 120 Å². The number of hydrogen-bond acceptors (Lipinski definition) is 3. The number of carbonyl (C=O) groups excluding carboxylic acids is 1. The molecule has 0 saturated heterocycles. The zero-order chi connectivity index (χ0) is 13.4. The molecule has 0 radical (unpaired) electrons. The zero-order valence-corrected chi connectivity index (χ0v) is 12.1. The molecular weight excluding hydrogens is 345 g/mol. The first-order valence-corrected chi connectivity index (χ1v) is 6.72. The summed E-state index contributed by atoms with van der Waals surface area (Å²) >= 11 is 2.14. The average molecular weight is 361 g/mol. The van der Waals surface area contributed by atoms with Gasteiger partial charge in [-0.1, -0.05) is 17.3 Å². The Bertz CT molecular complexity index is 435. The van der Waals surface area contributed by atoms with Crippen molar-refractivity contribution in [1.29, 1.82) is 0 Å². The van der Waals surface area contributed by atoms with Crippen molar-refractivity contribution in [2.24, 2.45) is 10.9 Å². The molecular formula is C12H16IN3O2. The van der Waals surface area contributed by atoms with Crippen LogP contribution in [0.5, 0.6) is 0 Å². The molecule has 1 aromatic carbocycles. The van der Waals surface area contributed by atoms with Gasteiger partial charge in [0.15, 0.2) is 0 Å². The molecule has 0 unspecified atom stereocenters. The van der Waals surface area contributed by atoms with Crippen molar-refractivity contribution in [3.05, 3.63) is 33.4 Å². The molecule has 0 spiro atoms. The van der Waals surface area contributed by atoms with Crippen molar-refractivity contribution < 1.29 is 10.0 Å². The van der Waals surface area contributed by atoms with Crippen molar-refractivity contribution in [3.8, 4) is 0 Å². The fourth-order valence-corrected chi connectivity index (χ4v) is 2.06. The number of carbonyl (C=O) groups is 1. The Balaban J connectivity index is 2.28. The number of hydrogen-bond donors (Lipinski definition) is 3. The van der Waals surface area contributed by atoms with E-state index in [9.17, 15) is 4.79 Å². The molecule has 5 nitrogen and oxygen atoms in total. The first kappa shape index (κ1) is 14.7. The molecule has 98 valence electrons. The molecule has 4 N–H and O–H groups in total. The van der Waals surface area contributed by atoms with Crippen LogP contribution in [0.15, 0.2) is 29.4 Å². The largest absolute Gasteiger partial charge is 0.409 e. The van der Waals surface area contributed by atoms with Crippen LogP contribution in [0.1, 0.15) is 29.6 Å². The van der Waals surface area contributed by atoms with E-state index in [1.54, 1.807) is 6.07 Å². The number of oxime groups is 1. The van der Waals surface area contributed by atoms with Gasteiger partial charge in [-0.2, -0.15) is 0 Å². The van der Waals surface area contributed by atoms with Gasteiger partial charge in [0.05, 0.1) is 5.56 Å². The Morgan fingerprint density at radius 2 is 2.11 bits per heavy atom. The number of halogens is 1. The maximum atomic E-state index is 11.8. The summed E-state index contributed by atoms with van der Waals surface area (Å²) in [4.78, 5) is 11.8. The van der Waals surface area contributed by atoms with Gasteiger partial charge >= 0.3 is 0 Å². The quantitative estimate of drug-likeness (QED) is 0.181. The Morgan fingerprint density at radius 1 is 1.39 bits per heavy atom. The fourth-order valence-electron chi connectivity index (χ4n) is 1.42. The van der Waals surface area contributed by atoms with Crippen LogP contribution >= 0.6 is 22.6 Å². The maximum absolute atomic E-state index is 11.8. The third kappa shape index (κ3) is 4.91. The first-order chi connectivity index (χ1) is 8.65. The molecule has 0 aliphatic carbocycles. The topological polar surface area (TPSA) is 87.7 Å². The van der Waals surface area contributed by atoms with E-state index in [0.29, 0.717) is 18.5 Å². The monoisotopic (exact) mass is 361 g/mol. The summed E-state index contributed by atoms with van der Waals surface area (Å²) in [6, 6.07) is 7.44. The van der Waals surface area contributed by atoms with Gasteiger partial charge in [-0.3, -0.25) is 4.79 Å². The molecule has 0 saturated carbocycles. The lowest BCUT2D eigenvalue weighted by Crippen LogP contribution is -2.25. The van der Waals surface area contributed by atoms with Crippen LogP contribution in [0.2, 0.25) is 0 Å². The highest BCUT2D eigenvalue weighted by molar-refractivity contribution is 14.1. The minimum Gasteiger partial charge on any atom is -0.409 e. The molecule has 0 atom stereocenters. The smallest absolute Gasteiger partial charge is 0.252 e. The summed E-state index contributed by atoms with van der Waals surface area (Å²) in [7, 11) is 0. The highest BCUT2D eigenvalue weighted by Gasteiger charge is 2.07. The third-order valence-corrected chi connectivity index (χ3v) is 3.33. The summed E-state index contributed by atoms with van der Waals surface area (Å²) in [5.41, 5.74) is 6.03. The van der Waals surface area contributed by atoms with Gasteiger partial charge in [0.1, 0.15) is 5.84 Å². The summed E-state index contributed by atoms with van der Waals surface area (Å²) in [5.74, 6) is 0.155. The number of amidine groups is 1. The van der Waals surface area contributed by atoms with Crippen molar-refractivity contribution in [2.75, 3.05) is 6.54 Å². The number of amides is 1. The summed E-state index contributed by atoms with van der Waals surface area (Å²) < 4.78 is 0.934. The van der Waals surface area contributed by atoms with Crippen LogP contribution in [0.4, 0.5) is 0 Å². The lowest BCUT2D eigenvalue weighted by atomic mass is 10.2. The first-order valence-electron chi connectivity index (χ1n) is 5.64. The van der Waals surface area contributed by atoms with Gasteiger partial charge in [0, 0.05) is 16.5 Å². The van der Waals surface area contributed by atoms with E-state index in [1.807, 2.05) is 18.2 Å². The second-order valence-electron chi connectivity index (χ2n) is 3.78. The van der Waals surface area contributed by atoms with Gasteiger partial charge in [0.2, 0.25) is 0 Å². The molecule has 6 heteroatoms. The van der Waals surface area contributed by atoms with E-state index in [1.165, 1.54) is 0 Å². The predicted octanol–water partition coefficient (Wildman–Crippen LogP) is 1.94. The van der Waals surface area contributed by atoms with Gasteiger partial charge in [-0.05, 0) is 47.6 Å². The van der Waals surface area contributed by atoms with Crippen LogP contribution in [0.3, 0.4) is 0 Å². The third-order valence-electron chi connectivity index (χ3n) is 2.39. The van der Waals surface area contributed by atoms with Crippen LogP contribution in [0.25, 0.3) is 0 Å². The molecule has 0 fully saturated rings. The molecule has 0 aliphatic rings. The van der Waals surface area contributed by atoms with E-state index in [-0.39, 0.29) is 11.7 Å². The fraction of sp³-hybridized carbons (Fsp3) is 0.333. The van der Waals surface area contributed by atoms with Crippen molar-refractivity contribution >= 4 is 34.3 Å². The van der Waals surface area contributed by atoms with Gasteiger partial charge in [-0.15, -0.1) is 0 Å². The highest BCUT2D eigenvalue weighted by atomic mass is 127. The maximum Gasteiger partial charge on any atom is 0.252 e. The second-order valence-corrected chi connectivity index (χ2v) is 4.95. The predicted molar refractivity (Wildman–Crippen MR) is 78.8 cm³/mol. The molecule has 0 aromatic heterocycles. The van der Waals surface area contributed by atoms with Crippen molar-refractivity contribution in [3.63, 3.8) is 0 Å². The van der Waals surface area contributed by atoms with E-state index in [4.69, 9.17) is 10.9 Å². The van der Waals surface area contributed by atoms with Crippen LogP contribution in [-0.4, -0.2) is 23.5 Å². The van der Waals surface area contributed by atoms with Gasteiger partial charge in [-0.25, -0.2) is 0 Å². The summed E-state index contributed by atoms with van der Waals surface area (Å²) in [5, 5.41) is 14.1. The number of nitrogens with one attached hydrogen (secondary N) is 1. The van der Waals surface area contributed by atoms with Crippen molar-refractivity contribution in [1.82, 2.24) is 5.32 Å². The number of unbranched alkanes of at least 4 members (excludes halogenated alkanes) is 1. The number of benzene rings is 1. The van der Waals surface area contributed by atoms with Gasteiger partial charge < -0.3 is 16.3 Å². The zero-order valence-electron chi connectivity index (χ0n) is 9.90. The molecule has 18 heavy (non-hydrogen) atoms. The Hall–Kier alpha value is -1.31. The average Bonchev–Trinajstić information content (AvgIpc) is 2.38. The van der Waals surface area contributed by atoms with Crippen molar-refractivity contribution in [2.45, 2.75) is 19.3 Å². The van der Waals surface area contributed by atoms with E-state index < -0.39 is 0 Å². The number of nitrogens with zero attached hydrogens (tertiary/aromatic N) is 1. The van der Waals surface area contributed by atoms with Gasteiger partial charge in [0.25, 0.3) is 5.91 Å². The lowest BCUT2D eigenvalue weighted by molar-refractivity contribution is 0.0952. The molecule has 0 bridgehead atoms. The Kier molecular flexibility index (Phi) is 6.48. The minimum atomic E-state index is -0.0659. The normalized spacial score (nSPS) is 11.3. The summed E-state index contributed by atoms with van der Waals surface area (Å²) in [6.07, 6.45) is 2.11. The van der Waals surface area contributed by atoms with E-state index in [0.717, 1.165) is 16.4 Å². The standard InChI is InChI=1S/C12H16IN3O2/c13-10-6-2-1-5-9(10)12(17)15-8-4-3-7-11(14)16-18/h1-2,5-6,18H,3-4,7-8H2,(H2,14,16)(H,15,17). The SMILES string of the molecule is NC(CCCCNC(=O)c1ccccc1I)=NO. The molecule has 0 aliphatic heterocycles. The van der Waals surface area contributed by atoms with E-state index in [2.05, 4.69) is 33.1 Å². The molecule has 1 rings (SSSR count). The highest BCUT2D eigenvalue weighted by Crippen LogP contribution is 2.10. The second kappa shape index (κ2) is 7.91. The molecule has 1 amide bonds. The minimum absolute atomic E-state index is 0.0659. The number of nitrogens with two attached hydrogens (primary N) is 1. The lowest BCUT2D eigenvalue weighted by Gasteiger charge is -2.06. The number of rotatable bonds is 6. The van der Waals surface area contributed by atoms with Crippen LogP contribution in [-0.2, 0) is 0 Å². The van der Waals surface area contributed by atoms with E-state index >= 15 is 0 Å². The van der Waals surface area contributed by atoms with Crippen LogP contribution < -0.4 is 11.1 Å². The Morgan fingerprint density at radius 3 is 2.78 bits per heavy atom.